The van der Waals surface area contributed by atoms with Gasteiger partial charge in [-0.1, -0.05) is 5.16 Å². The van der Waals surface area contributed by atoms with E-state index in [1.807, 2.05) is 20.0 Å². The van der Waals surface area contributed by atoms with Crippen LogP contribution in [-0.2, 0) is 19.5 Å². The van der Waals surface area contributed by atoms with Crippen LogP contribution in [-0.4, -0.2) is 33.2 Å². The lowest BCUT2D eigenvalue weighted by Gasteiger charge is -2.28. The number of rotatable bonds is 4. The number of fused-ring (bicyclic) bond motifs is 1. The van der Waals surface area contributed by atoms with Crippen LogP contribution in [0.1, 0.15) is 29.3 Å². The Labute approximate surface area is 119 Å². The molecule has 5 nitrogen and oxygen atoms in total. The van der Waals surface area contributed by atoms with Gasteiger partial charge < -0.3 is 14.0 Å². The first-order valence-corrected chi connectivity index (χ1v) is 7.23. The number of aryl methyl sites for hydroxylation is 3. The summed E-state index contributed by atoms with van der Waals surface area (Å²) in [5.74, 6) is 2.87. The second kappa shape index (κ2) is 5.40. The highest BCUT2D eigenvalue weighted by Gasteiger charge is 2.21. The number of hydrogen-bond acceptors (Lipinski definition) is 4. The average Bonchev–Trinajstić information content (AvgIpc) is 3.00. The molecule has 0 aliphatic carbocycles. The molecule has 5 heteroatoms. The molecule has 0 saturated heterocycles. The third kappa shape index (κ3) is 2.63. The Bertz CT molecular complexity index is 567. The molecular formula is C15H22N4O. The lowest BCUT2D eigenvalue weighted by molar-refractivity contribution is 0.228. The third-order valence-electron chi connectivity index (χ3n) is 4.21. The molecule has 0 N–H and O–H groups in total. The molecular weight excluding hydrogens is 252 g/mol. The molecule has 0 amide bonds. The van der Waals surface area contributed by atoms with Crippen LogP contribution in [0.4, 0.5) is 0 Å². The molecule has 1 aliphatic rings. The smallest absolute Gasteiger partial charge is 0.138 e. The second-order valence-corrected chi connectivity index (χ2v) is 5.90. The van der Waals surface area contributed by atoms with Crippen molar-refractivity contribution in [2.75, 3.05) is 13.6 Å². The van der Waals surface area contributed by atoms with Gasteiger partial charge in [0, 0.05) is 44.0 Å². The monoisotopic (exact) mass is 274 g/mol. The number of nitrogens with zero attached hydrogens (tertiary/aromatic N) is 4. The Morgan fingerprint density at radius 3 is 3.05 bits per heavy atom. The van der Waals surface area contributed by atoms with E-state index in [0.29, 0.717) is 5.92 Å². The van der Waals surface area contributed by atoms with E-state index in [2.05, 4.69) is 32.9 Å². The van der Waals surface area contributed by atoms with Gasteiger partial charge in [0.1, 0.15) is 11.6 Å². The highest BCUT2D eigenvalue weighted by atomic mass is 16.5. The van der Waals surface area contributed by atoms with Crippen LogP contribution in [0.2, 0.25) is 0 Å². The summed E-state index contributed by atoms with van der Waals surface area (Å²) in [4.78, 5) is 6.76. The van der Waals surface area contributed by atoms with Crippen molar-refractivity contribution in [1.82, 2.24) is 19.6 Å². The summed E-state index contributed by atoms with van der Waals surface area (Å²) in [5, 5.41) is 4.02. The molecule has 0 saturated carbocycles. The predicted molar refractivity (Wildman–Crippen MR) is 76.3 cm³/mol. The summed E-state index contributed by atoms with van der Waals surface area (Å²) in [6.45, 7) is 7.09. The molecule has 2 aromatic heterocycles. The van der Waals surface area contributed by atoms with E-state index in [-0.39, 0.29) is 0 Å². The second-order valence-electron chi connectivity index (χ2n) is 5.90. The van der Waals surface area contributed by atoms with Crippen LogP contribution in [0.25, 0.3) is 0 Å². The SMILES string of the molecule is Cc1noc(C)c1CN(C)C[C@H]1CCc2nccn2C1. The zero-order chi connectivity index (χ0) is 14.1. The van der Waals surface area contributed by atoms with Crippen LogP contribution in [0.3, 0.4) is 0 Å². The van der Waals surface area contributed by atoms with Crippen molar-refractivity contribution < 1.29 is 4.52 Å². The van der Waals surface area contributed by atoms with Gasteiger partial charge in [-0.2, -0.15) is 0 Å². The molecule has 0 unspecified atom stereocenters. The van der Waals surface area contributed by atoms with Gasteiger partial charge in [0.15, 0.2) is 0 Å². The predicted octanol–water partition coefficient (Wildman–Crippen LogP) is 2.18. The lowest BCUT2D eigenvalue weighted by Crippen LogP contribution is -2.31. The van der Waals surface area contributed by atoms with Crippen LogP contribution < -0.4 is 0 Å². The molecule has 0 radical (unpaired) electrons. The van der Waals surface area contributed by atoms with E-state index in [9.17, 15) is 0 Å². The van der Waals surface area contributed by atoms with Gasteiger partial charge >= 0.3 is 0 Å². The van der Waals surface area contributed by atoms with E-state index in [1.54, 1.807) is 0 Å². The summed E-state index contributed by atoms with van der Waals surface area (Å²) >= 11 is 0. The molecule has 0 aromatic carbocycles. The van der Waals surface area contributed by atoms with Crippen molar-refractivity contribution in [3.8, 4) is 0 Å². The van der Waals surface area contributed by atoms with Crippen molar-refractivity contribution in [2.45, 2.75) is 39.8 Å². The molecule has 0 spiro atoms. The third-order valence-corrected chi connectivity index (χ3v) is 4.21. The van der Waals surface area contributed by atoms with E-state index in [4.69, 9.17) is 4.52 Å². The fraction of sp³-hybridized carbons (Fsp3) is 0.600. The van der Waals surface area contributed by atoms with Gasteiger partial charge in [0.2, 0.25) is 0 Å². The first-order chi connectivity index (χ1) is 9.63. The van der Waals surface area contributed by atoms with Gasteiger partial charge in [-0.25, -0.2) is 4.98 Å². The van der Waals surface area contributed by atoms with Gasteiger partial charge in [-0.05, 0) is 33.2 Å². The van der Waals surface area contributed by atoms with Crippen molar-refractivity contribution in [1.29, 1.82) is 0 Å². The Morgan fingerprint density at radius 2 is 2.30 bits per heavy atom. The zero-order valence-corrected chi connectivity index (χ0v) is 12.5. The number of imidazole rings is 1. The molecule has 108 valence electrons. The van der Waals surface area contributed by atoms with Crippen LogP contribution in [0.5, 0.6) is 0 Å². The molecule has 0 fully saturated rings. The zero-order valence-electron chi connectivity index (χ0n) is 12.5. The van der Waals surface area contributed by atoms with Crippen LogP contribution in [0.15, 0.2) is 16.9 Å². The van der Waals surface area contributed by atoms with E-state index >= 15 is 0 Å². The van der Waals surface area contributed by atoms with E-state index in [1.165, 1.54) is 17.8 Å². The maximum Gasteiger partial charge on any atom is 0.138 e. The summed E-state index contributed by atoms with van der Waals surface area (Å²) in [5.41, 5.74) is 2.24. The molecule has 1 aliphatic heterocycles. The minimum Gasteiger partial charge on any atom is -0.361 e. The summed E-state index contributed by atoms with van der Waals surface area (Å²) in [6.07, 6.45) is 6.32. The lowest BCUT2D eigenvalue weighted by atomic mass is 9.98. The van der Waals surface area contributed by atoms with Crippen molar-refractivity contribution in [2.24, 2.45) is 5.92 Å². The van der Waals surface area contributed by atoms with Crippen molar-refractivity contribution in [3.63, 3.8) is 0 Å². The van der Waals surface area contributed by atoms with E-state index < -0.39 is 0 Å². The fourth-order valence-electron chi connectivity index (χ4n) is 3.09. The fourth-order valence-corrected chi connectivity index (χ4v) is 3.09. The number of hydrogen-bond donors (Lipinski definition) is 0. The molecule has 3 heterocycles. The minimum atomic E-state index is 0.696. The molecule has 3 rings (SSSR count). The molecule has 0 bridgehead atoms. The summed E-state index contributed by atoms with van der Waals surface area (Å²) < 4.78 is 7.52. The van der Waals surface area contributed by atoms with Crippen LogP contribution in [0, 0.1) is 19.8 Å². The van der Waals surface area contributed by atoms with Gasteiger partial charge in [-0.3, -0.25) is 0 Å². The maximum atomic E-state index is 5.23. The van der Waals surface area contributed by atoms with Gasteiger partial charge in [0.25, 0.3) is 0 Å². The van der Waals surface area contributed by atoms with Crippen molar-refractivity contribution >= 4 is 0 Å². The largest absolute Gasteiger partial charge is 0.361 e. The first-order valence-electron chi connectivity index (χ1n) is 7.23. The Balaban J connectivity index is 1.59. The molecule has 2 aromatic rings. The molecule has 20 heavy (non-hydrogen) atoms. The minimum absolute atomic E-state index is 0.696. The Kier molecular flexibility index (Phi) is 3.61. The van der Waals surface area contributed by atoms with E-state index in [0.717, 1.165) is 37.5 Å². The number of aromatic nitrogens is 3. The van der Waals surface area contributed by atoms with Gasteiger partial charge in [0.05, 0.1) is 5.69 Å². The first kappa shape index (κ1) is 13.4. The van der Waals surface area contributed by atoms with Crippen molar-refractivity contribution in [3.05, 3.63) is 35.2 Å². The summed E-state index contributed by atoms with van der Waals surface area (Å²) in [6, 6.07) is 0. The normalized spacial score (nSPS) is 18.5. The standard InChI is InChI=1S/C15H22N4O/c1-11-14(12(2)20-17-11)10-18(3)8-13-4-5-15-16-6-7-19(15)9-13/h6-7,13H,4-5,8-10H2,1-3H3/t13-/m1/s1. The van der Waals surface area contributed by atoms with Crippen LogP contribution >= 0.6 is 0 Å². The Hall–Kier alpha value is -1.62. The highest BCUT2D eigenvalue weighted by molar-refractivity contribution is 5.20. The average molecular weight is 274 g/mol. The quantitative estimate of drug-likeness (QED) is 0.857. The Morgan fingerprint density at radius 1 is 1.45 bits per heavy atom. The molecule has 1 atom stereocenters. The highest BCUT2D eigenvalue weighted by Crippen LogP contribution is 2.21. The topological polar surface area (TPSA) is 47.1 Å². The van der Waals surface area contributed by atoms with Gasteiger partial charge in [-0.15, -0.1) is 0 Å². The maximum absolute atomic E-state index is 5.23. The summed E-state index contributed by atoms with van der Waals surface area (Å²) in [7, 11) is 2.18.